The quantitative estimate of drug-likeness (QED) is 0.739. The van der Waals surface area contributed by atoms with Crippen molar-refractivity contribution in [1.29, 1.82) is 0 Å². The SMILES string of the molecule is Cc1ccc(NC2CC2)cc1Cl. The number of hydrogen-bond acceptors (Lipinski definition) is 1. The van der Waals surface area contributed by atoms with Gasteiger partial charge in [-0.25, -0.2) is 0 Å². The second-order valence-electron chi connectivity index (χ2n) is 3.38. The lowest BCUT2D eigenvalue weighted by Crippen LogP contribution is -2.00. The van der Waals surface area contributed by atoms with Crippen molar-refractivity contribution in [3.05, 3.63) is 28.8 Å². The van der Waals surface area contributed by atoms with Crippen LogP contribution in [0.25, 0.3) is 0 Å². The summed E-state index contributed by atoms with van der Waals surface area (Å²) in [5, 5.41) is 4.25. The van der Waals surface area contributed by atoms with E-state index in [0.717, 1.165) is 16.3 Å². The molecule has 0 spiro atoms. The minimum atomic E-state index is 0.698. The van der Waals surface area contributed by atoms with Gasteiger partial charge in [0, 0.05) is 16.8 Å². The Labute approximate surface area is 77.7 Å². The maximum Gasteiger partial charge on any atom is 0.0455 e. The average molecular weight is 182 g/mol. The summed E-state index contributed by atoms with van der Waals surface area (Å²) in [6.07, 6.45) is 2.59. The molecule has 1 aliphatic rings. The molecule has 0 aliphatic heterocycles. The van der Waals surface area contributed by atoms with Crippen LogP contribution in [-0.4, -0.2) is 6.04 Å². The predicted octanol–water partition coefficient (Wildman–Crippen LogP) is 3.22. The van der Waals surface area contributed by atoms with Crippen LogP contribution in [0.5, 0.6) is 0 Å². The summed E-state index contributed by atoms with van der Waals surface area (Å²) in [6, 6.07) is 6.82. The van der Waals surface area contributed by atoms with Gasteiger partial charge in [0.15, 0.2) is 0 Å². The number of anilines is 1. The highest BCUT2D eigenvalue weighted by atomic mass is 35.5. The zero-order valence-electron chi connectivity index (χ0n) is 7.10. The molecular weight excluding hydrogens is 170 g/mol. The highest BCUT2D eigenvalue weighted by Gasteiger charge is 2.20. The van der Waals surface area contributed by atoms with E-state index in [1.165, 1.54) is 12.8 Å². The van der Waals surface area contributed by atoms with Crippen molar-refractivity contribution in [3.63, 3.8) is 0 Å². The molecule has 0 atom stereocenters. The smallest absolute Gasteiger partial charge is 0.0455 e. The van der Waals surface area contributed by atoms with Gasteiger partial charge in [-0.1, -0.05) is 17.7 Å². The Kier molecular flexibility index (Phi) is 1.97. The van der Waals surface area contributed by atoms with Gasteiger partial charge in [-0.2, -0.15) is 0 Å². The fourth-order valence-electron chi connectivity index (χ4n) is 1.15. The van der Waals surface area contributed by atoms with Gasteiger partial charge in [-0.3, -0.25) is 0 Å². The Morgan fingerprint density at radius 3 is 2.75 bits per heavy atom. The molecule has 1 aromatic carbocycles. The van der Waals surface area contributed by atoms with Gasteiger partial charge in [0.2, 0.25) is 0 Å². The Hall–Kier alpha value is -0.690. The van der Waals surface area contributed by atoms with Crippen molar-refractivity contribution in [1.82, 2.24) is 0 Å². The van der Waals surface area contributed by atoms with Crippen LogP contribution in [0.2, 0.25) is 5.02 Å². The standard InChI is InChI=1S/C10H12ClN/c1-7-2-3-9(6-10(7)11)12-8-4-5-8/h2-3,6,8,12H,4-5H2,1H3. The van der Waals surface area contributed by atoms with Crippen molar-refractivity contribution < 1.29 is 0 Å². The zero-order valence-corrected chi connectivity index (χ0v) is 7.86. The molecule has 1 fully saturated rings. The first-order valence-corrected chi connectivity index (χ1v) is 4.66. The predicted molar refractivity (Wildman–Crippen MR) is 52.8 cm³/mol. The molecule has 1 aromatic rings. The summed E-state index contributed by atoms with van der Waals surface area (Å²) in [7, 11) is 0. The van der Waals surface area contributed by atoms with E-state index in [1.54, 1.807) is 0 Å². The second kappa shape index (κ2) is 2.98. The normalized spacial score (nSPS) is 16.2. The zero-order chi connectivity index (χ0) is 8.55. The Morgan fingerprint density at radius 2 is 2.17 bits per heavy atom. The third-order valence-corrected chi connectivity index (χ3v) is 2.53. The van der Waals surface area contributed by atoms with Crippen molar-refractivity contribution in [2.75, 3.05) is 5.32 Å². The molecule has 1 saturated carbocycles. The van der Waals surface area contributed by atoms with E-state index in [4.69, 9.17) is 11.6 Å². The summed E-state index contributed by atoms with van der Waals surface area (Å²) in [5.41, 5.74) is 2.28. The molecule has 0 aromatic heterocycles. The third-order valence-electron chi connectivity index (χ3n) is 2.12. The summed E-state index contributed by atoms with van der Waals surface area (Å²) < 4.78 is 0. The van der Waals surface area contributed by atoms with Gasteiger partial charge in [-0.05, 0) is 37.5 Å². The molecule has 0 unspecified atom stereocenters. The molecule has 1 aliphatic carbocycles. The maximum atomic E-state index is 5.98. The lowest BCUT2D eigenvalue weighted by molar-refractivity contribution is 1.15. The van der Waals surface area contributed by atoms with Gasteiger partial charge in [-0.15, -0.1) is 0 Å². The van der Waals surface area contributed by atoms with Gasteiger partial charge < -0.3 is 5.32 Å². The monoisotopic (exact) mass is 181 g/mol. The fourth-order valence-corrected chi connectivity index (χ4v) is 1.33. The van der Waals surface area contributed by atoms with Crippen LogP contribution in [0.4, 0.5) is 5.69 Å². The summed E-state index contributed by atoms with van der Waals surface area (Å²) in [5.74, 6) is 0. The summed E-state index contributed by atoms with van der Waals surface area (Å²) in [6.45, 7) is 2.02. The molecule has 1 nitrogen and oxygen atoms in total. The van der Waals surface area contributed by atoms with Crippen LogP contribution < -0.4 is 5.32 Å². The number of benzene rings is 1. The van der Waals surface area contributed by atoms with Crippen molar-refractivity contribution >= 4 is 17.3 Å². The maximum absolute atomic E-state index is 5.98. The van der Waals surface area contributed by atoms with E-state index in [0.29, 0.717) is 6.04 Å². The van der Waals surface area contributed by atoms with Crippen LogP contribution in [0.1, 0.15) is 18.4 Å². The molecule has 2 rings (SSSR count). The van der Waals surface area contributed by atoms with E-state index in [9.17, 15) is 0 Å². The minimum Gasteiger partial charge on any atom is -0.382 e. The van der Waals surface area contributed by atoms with Crippen LogP contribution in [-0.2, 0) is 0 Å². The number of nitrogens with one attached hydrogen (secondary N) is 1. The molecule has 0 radical (unpaired) electrons. The molecule has 12 heavy (non-hydrogen) atoms. The van der Waals surface area contributed by atoms with Crippen molar-refractivity contribution in [2.24, 2.45) is 0 Å². The van der Waals surface area contributed by atoms with E-state index < -0.39 is 0 Å². The van der Waals surface area contributed by atoms with Crippen LogP contribution in [0.3, 0.4) is 0 Å². The molecule has 2 heteroatoms. The molecule has 0 bridgehead atoms. The third kappa shape index (κ3) is 1.72. The first kappa shape index (κ1) is 7.93. The lowest BCUT2D eigenvalue weighted by atomic mass is 10.2. The highest BCUT2D eigenvalue weighted by molar-refractivity contribution is 6.31. The molecule has 0 amide bonds. The molecular formula is C10H12ClN. The fraction of sp³-hybridized carbons (Fsp3) is 0.400. The van der Waals surface area contributed by atoms with Gasteiger partial charge in [0.05, 0.1) is 0 Å². The number of halogens is 1. The molecule has 0 heterocycles. The molecule has 1 N–H and O–H groups in total. The van der Waals surface area contributed by atoms with E-state index >= 15 is 0 Å². The van der Waals surface area contributed by atoms with E-state index in [2.05, 4.69) is 11.4 Å². The van der Waals surface area contributed by atoms with Crippen LogP contribution >= 0.6 is 11.6 Å². The topological polar surface area (TPSA) is 12.0 Å². The largest absolute Gasteiger partial charge is 0.382 e. The van der Waals surface area contributed by atoms with Crippen LogP contribution in [0.15, 0.2) is 18.2 Å². The first-order chi connectivity index (χ1) is 5.75. The Morgan fingerprint density at radius 1 is 1.42 bits per heavy atom. The molecule has 0 saturated heterocycles. The number of hydrogen-bond donors (Lipinski definition) is 1. The average Bonchev–Trinajstić information content (AvgIpc) is 2.81. The summed E-state index contributed by atoms with van der Waals surface area (Å²) in [4.78, 5) is 0. The summed E-state index contributed by atoms with van der Waals surface area (Å²) >= 11 is 5.98. The minimum absolute atomic E-state index is 0.698. The van der Waals surface area contributed by atoms with E-state index in [1.807, 2.05) is 19.1 Å². The van der Waals surface area contributed by atoms with Crippen molar-refractivity contribution in [3.8, 4) is 0 Å². The van der Waals surface area contributed by atoms with Gasteiger partial charge in [0.1, 0.15) is 0 Å². The van der Waals surface area contributed by atoms with Gasteiger partial charge >= 0.3 is 0 Å². The number of rotatable bonds is 2. The Bertz CT molecular complexity index is 292. The number of aryl methyl sites for hydroxylation is 1. The van der Waals surface area contributed by atoms with E-state index in [-0.39, 0.29) is 0 Å². The first-order valence-electron chi connectivity index (χ1n) is 4.28. The van der Waals surface area contributed by atoms with Crippen molar-refractivity contribution in [2.45, 2.75) is 25.8 Å². The van der Waals surface area contributed by atoms with Crippen LogP contribution in [0, 0.1) is 6.92 Å². The highest BCUT2D eigenvalue weighted by Crippen LogP contribution is 2.27. The molecule has 64 valence electrons. The van der Waals surface area contributed by atoms with Gasteiger partial charge in [0.25, 0.3) is 0 Å². The second-order valence-corrected chi connectivity index (χ2v) is 3.79. The Balaban J connectivity index is 2.15. The lowest BCUT2D eigenvalue weighted by Gasteiger charge is -2.05.